The molecule has 1 aromatic rings. The topological polar surface area (TPSA) is 15.3 Å². The van der Waals surface area contributed by atoms with Crippen molar-refractivity contribution in [2.24, 2.45) is 5.92 Å². The van der Waals surface area contributed by atoms with Gasteiger partial charge < -0.3 is 10.2 Å². The lowest BCUT2D eigenvalue weighted by atomic mass is 10.1. The van der Waals surface area contributed by atoms with E-state index in [0.717, 1.165) is 26.2 Å². The predicted molar refractivity (Wildman–Crippen MR) is 81.3 cm³/mol. The Kier molecular flexibility index (Phi) is 6.20. The summed E-state index contributed by atoms with van der Waals surface area (Å²) < 4.78 is 0. The van der Waals surface area contributed by atoms with Crippen molar-refractivity contribution in [1.82, 2.24) is 5.32 Å². The molecule has 0 aliphatic carbocycles. The number of hydrogen-bond acceptors (Lipinski definition) is 2. The van der Waals surface area contributed by atoms with Gasteiger partial charge in [-0.15, -0.1) is 0 Å². The molecule has 2 nitrogen and oxygen atoms in total. The maximum absolute atomic E-state index is 3.49. The van der Waals surface area contributed by atoms with Gasteiger partial charge in [0.25, 0.3) is 0 Å². The lowest BCUT2D eigenvalue weighted by Gasteiger charge is -2.23. The van der Waals surface area contributed by atoms with Gasteiger partial charge in [-0.3, -0.25) is 0 Å². The van der Waals surface area contributed by atoms with Crippen LogP contribution in [0.1, 0.15) is 38.8 Å². The molecule has 0 fully saturated rings. The van der Waals surface area contributed by atoms with E-state index in [1.165, 1.54) is 16.8 Å². The molecular formula is C16H28N2. The Labute approximate surface area is 112 Å². The average molecular weight is 248 g/mol. The number of nitrogens with zero attached hydrogens (tertiary/aromatic N) is 1. The SMILES string of the molecule is CCN(CC)c1ccc(CNCC(C)C)cc1C. The van der Waals surface area contributed by atoms with E-state index in [2.05, 4.69) is 63.0 Å². The second kappa shape index (κ2) is 7.42. The van der Waals surface area contributed by atoms with Gasteiger partial charge in [0.05, 0.1) is 0 Å². The normalized spacial score (nSPS) is 11.0. The van der Waals surface area contributed by atoms with Crippen LogP contribution in [0.4, 0.5) is 5.69 Å². The van der Waals surface area contributed by atoms with Crippen LogP contribution >= 0.6 is 0 Å². The zero-order chi connectivity index (χ0) is 13.5. The van der Waals surface area contributed by atoms with Gasteiger partial charge in [-0.25, -0.2) is 0 Å². The van der Waals surface area contributed by atoms with Crippen LogP contribution in [0.5, 0.6) is 0 Å². The standard InChI is InChI=1S/C16H28N2/c1-6-18(7-2)16-9-8-15(10-14(16)5)12-17-11-13(3)4/h8-10,13,17H,6-7,11-12H2,1-5H3. The monoisotopic (exact) mass is 248 g/mol. The first kappa shape index (κ1) is 15.0. The summed E-state index contributed by atoms with van der Waals surface area (Å²) in [5.74, 6) is 0.709. The lowest BCUT2D eigenvalue weighted by Crippen LogP contribution is -2.23. The molecular weight excluding hydrogens is 220 g/mol. The first-order chi connectivity index (χ1) is 8.58. The predicted octanol–water partition coefficient (Wildman–Crippen LogP) is 3.59. The van der Waals surface area contributed by atoms with Crippen molar-refractivity contribution in [2.45, 2.75) is 41.2 Å². The second-order valence-corrected chi connectivity index (χ2v) is 5.32. The fourth-order valence-corrected chi connectivity index (χ4v) is 2.25. The van der Waals surface area contributed by atoms with Crippen LogP contribution in [0.25, 0.3) is 0 Å². The summed E-state index contributed by atoms with van der Waals surface area (Å²) >= 11 is 0. The quantitative estimate of drug-likeness (QED) is 0.793. The number of benzene rings is 1. The summed E-state index contributed by atoms with van der Waals surface area (Å²) in [5.41, 5.74) is 4.12. The first-order valence-corrected chi connectivity index (χ1v) is 7.13. The van der Waals surface area contributed by atoms with Crippen LogP contribution in [0.3, 0.4) is 0 Å². The van der Waals surface area contributed by atoms with Crippen molar-refractivity contribution >= 4 is 5.69 Å². The molecule has 0 spiro atoms. The van der Waals surface area contributed by atoms with E-state index in [1.807, 2.05) is 0 Å². The Morgan fingerprint density at radius 1 is 1.17 bits per heavy atom. The molecule has 0 aliphatic heterocycles. The molecule has 0 saturated carbocycles. The molecule has 0 radical (unpaired) electrons. The molecule has 0 atom stereocenters. The van der Waals surface area contributed by atoms with Gasteiger partial charge in [-0.1, -0.05) is 26.0 Å². The number of nitrogens with one attached hydrogen (secondary N) is 1. The van der Waals surface area contributed by atoms with Crippen molar-refractivity contribution in [3.05, 3.63) is 29.3 Å². The molecule has 102 valence electrons. The van der Waals surface area contributed by atoms with Crippen LogP contribution in [-0.2, 0) is 6.54 Å². The van der Waals surface area contributed by atoms with Gasteiger partial charge in [-0.2, -0.15) is 0 Å². The third kappa shape index (κ3) is 4.34. The zero-order valence-corrected chi connectivity index (χ0v) is 12.6. The third-order valence-corrected chi connectivity index (χ3v) is 3.25. The van der Waals surface area contributed by atoms with Crippen LogP contribution in [0.2, 0.25) is 0 Å². The molecule has 0 aromatic heterocycles. The molecule has 0 heterocycles. The maximum Gasteiger partial charge on any atom is 0.0395 e. The summed E-state index contributed by atoms with van der Waals surface area (Å²) in [5, 5.41) is 3.49. The molecule has 18 heavy (non-hydrogen) atoms. The van der Waals surface area contributed by atoms with Crippen LogP contribution in [0.15, 0.2) is 18.2 Å². The molecule has 2 heteroatoms. The summed E-state index contributed by atoms with van der Waals surface area (Å²) in [6, 6.07) is 6.81. The highest BCUT2D eigenvalue weighted by Crippen LogP contribution is 2.21. The first-order valence-electron chi connectivity index (χ1n) is 7.13. The van der Waals surface area contributed by atoms with Crippen molar-refractivity contribution in [3.63, 3.8) is 0 Å². The second-order valence-electron chi connectivity index (χ2n) is 5.32. The highest BCUT2D eigenvalue weighted by Gasteiger charge is 2.06. The van der Waals surface area contributed by atoms with E-state index in [9.17, 15) is 0 Å². The minimum absolute atomic E-state index is 0.709. The molecule has 1 N–H and O–H groups in total. The fraction of sp³-hybridized carbons (Fsp3) is 0.625. The maximum atomic E-state index is 3.49. The van der Waals surface area contributed by atoms with Crippen LogP contribution < -0.4 is 10.2 Å². The summed E-state index contributed by atoms with van der Waals surface area (Å²) in [4.78, 5) is 2.40. The minimum Gasteiger partial charge on any atom is -0.372 e. The Balaban J connectivity index is 2.67. The van der Waals surface area contributed by atoms with Crippen molar-refractivity contribution in [3.8, 4) is 0 Å². The van der Waals surface area contributed by atoms with Crippen molar-refractivity contribution < 1.29 is 0 Å². The molecule has 1 aromatic carbocycles. The van der Waals surface area contributed by atoms with Crippen LogP contribution in [0, 0.1) is 12.8 Å². The minimum atomic E-state index is 0.709. The van der Waals surface area contributed by atoms with Crippen LogP contribution in [-0.4, -0.2) is 19.6 Å². The zero-order valence-electron chi connectivity index (χ0n) is 12.6. The number of rotatable bonds is 7. The van der Waals surface area contributed by atoms with Gasteiger partial charge in [0.1, 0.15) is 0 Å². The van der Waals surface area contributed by atoms with E-state index in [4.69, 9.17) is 0 Å². The molecule has 0 saturated heterocycles. The summed E-state index contributed by atoms with van der Waals surface area (Å²) in [6.45, 7) is 15.3. The molecule has 1 rings (SSSR count). The smallest absolute Gasteiger partial charge is 0.0395 e. The van der Waals surface area contributed by atoms with Gasteiger partial charge in [-0.05, 0) is 50.4 Å². The van der Waals surface area contributed by atoms with E-state index < -0.39 is 0 Å². The van der Waals surface area contributed by atoms with Gasteiger partial charge in [0.15, 0.2) is 0 Å². The van der Waals surface area contributed by atoms with Gasteiger partial charge in [0, 0.05) is 25.3 Å². The molecule has 0 bridgehead atoms. The average Bonchev–Trinajstić information content (AvgIpc) is 2.32. The Morgan fingerprint density at radius 2 is 1.83 bits per heavy atom. The summed E-state index contributed by atoms with van der Waals surface area (Å²) in [7, 11) is 0. The Bertz CT molecular complexity index is 354. The third-order valence-electron chi connectivity index (χ3n) is 3.25. The van der Waals surface area contributed by atoms with E-state index in [-0.39, 0.29) is 0 Å². The van der Waals surface area contributed by atoms with Gasteiger partial charge >= 0.3 is 0 Å². The van der Waals surface area contributed by atoms with Crippen molar-refractivity contribution in [2.75, 3.05) is 24.5 Å². The van der Waals surface area contributed by atoms with E-state index in [1.54, 1.807) is 0 Å². The highest BCUT2D eigenvalue weighted by molar-refractivity contribution is 5.54. The number of hydrogen-bond donors (Lipinski definition) is 1. The largest absolute Gasteiger partial charge is 0.372 e. The van der Waals surface area contributed by atoms with Gasteiger partial charge in [0.2, 0.25) is 0 Å². The number of anilines is 1. The molecule has 0 amide bonds. The van der Waals surface area contributed by atoms with E-state index in [0.29, 0.717) is 5.92 Å². The summed E-state index contributed by atoms with van der Waals surface area (Å²) in [6.07, 6.45) is 0. The van der Waals surface area contributed by atoms with E-state index >= 15 is 0 Å². The molecule has 0 unspecified atom stereocenters. The van der Waals surface area contributed by atoms with Crippen molar-refractivity contribution in [1.29, 1.82) is 0 Å². The lowest BCUT2D eigenvalue weighted by molar-refractivity contribution is 0.552. The highest BCUT2D eigenvalue weighted by atomic mass is 15.1. The number of aryl methyl sites for hydroxylation is 1. The fourth-order valence-electron chi connectivity index (χ4n) is 2.25. The Hall–Kier alpha value is -1.02. The molecule has 0 aliphatic rings. The Morgan fingerprint density at radius 3 is 2.33 bits per heavy atom.